The summed E-state index contributed by atoms with van der Waals surface area (Å²) in [4.78, 5) is 18.8. The number of anilines is 1. The highest BCUT2D eigenvalue weighted by molar-refractivity contribution is 9.10. The number of nitriles is 1. The van der Waals surface area contributed by atoms with Gasteiger partial charge in [0, 0.05) is 10.0 Å². The van der Waals surface area contributed by atoms with Crippen LogP contribution in [0.3, 0.4) is 0 Å². The van der Waals surface area contributed by atoms with E-state index in [2.05, 4.69) is 41.2 Å². The summed E-state index contributed by atoms with van der Waals surface area (Å²) in [5, 5.41) is 13.1. The maximum atomic E-state index is 12.4. The zero-order chi connectivity index (χ0) is 21.7. The zero-order valence-corrected chi connectivity index (χ0v) is 16.5. The molecule has 3 rings (SSSR count). The highest BCUT2D eigenvalue weighted by Gasteiger charge is 2.31. The van der Waals surface area contributed by atoms with E-state index in [0.717, 1.165) is 12.1 Å². The van der Waals surface area contributed by atoms with E-state index in [4.69, 9.17) is 0 Å². The summed E-state index contributed by atoms with van der Waals surface area (Å²) in [5.74, 6) is -0.467. The lowest BCUT2D eigenvalue weighted by Crippen LogP contribution is -2.17. The summed E-state index contributed by atoms with van der Waals surface area (Å²) in [7, 11) is 0. The number of ether oxygens (including phenoxy) is 1. The molecule has 2 aromatic carbocycles. The summed E-state index contributed by atoms with van der Waals surface area (Å²) in [5.41, 5.74) is 2.70. The van der Waals surface area contributed by atoms with E-state index < -0.39 is 17.7 Å². The molecule has 3 aromatic rings. The molecule has 0 fully saturated rings. The first-order valence-corrected chi connectivity index (χ1v) is 9.00. The van der Waals surface area contributed by atoms with Crippen LogP contribution >= 0.6 is 15.9 Å². The average molecular weight is 478 g/mol. The number of halogens is 4. The molecule has 152 valence electrons. The number of hydrogen-bond donors (Lipinski definition) is 2. The molecule has 0 saturated carbocycles. The third-order valence-electron chi connectivity index (χ3n) is 3.59. The van der Waals surface area contributed by atoms with Gasteiger partial charge in [-0.2, -0.15) is 10.4 Å². The van der Waals surface area contributed by atoms with Crippen molar-refractivity contribution in [3.63, 3.8) is 0 Å². The van der Waals surface area contributed by atoms with Crippen LogP contribution in [0.4, 0.5) is 19.1 Å². The van der Waals surface area contributed by atoms with Crippen LogP contribution < -0.4 is 15.7 Å². The number of hydrogen-bond acceptors (Lipinski definition) is 6. The van der Waals surface area contributed by atoms with Crippen molar-refractivity contribution >= 4 is 28.1 Å². The Morgan fingerprint density at radius 2 is 1.97 bits per heavy atom. The fourth-order valence-electron chi connectivity index (χ4n) is 2.45. The number of alkyl halides is 3. The normalized spacial score (nSPS) is 11.3. The van der Waals surface area contributed by atoms with Crippen molar-refractivity contribution in [2.24, 2.45) is 5.10 Å². The third kappa shape index (κ3) is 5.45. The van der Waals surface area contributed by atoms with E-state index in [-0.39, 0.29) is 22.8 Å². The Morgan fingerprint density at radius 1 is 1.23 bits per heavy atom. The van der Waals surface area contributed by atoms with Crippen LogP contribution in [0, 0.1) is 11.3 Å². The summed E-state index contributed by atoms with van der Waals surface area (Å²) < 4.78 is 41.5. The van der Waals surface area contributed by atoms with E-state index in [9.17, 15) is 23.2 Å². The third-order valence-corrected chi connectivity index (χ3v) is 4.05. The Bertz CT molecular complexity index is 1190. The summed E-state index contributed by atoms with van der Waals surface area (Å²) in [6, 6.07) is 14.3. The molecule has 0 aliphatic rings. The predicted molar refractivity (Wildman–Crippen MR) is 107 cm³/mol. The lowest BCUT2D eigenvalue weighted by atomic mass is 10.1. The molecule has 0 aliphatic heterocycles. The van der Waals surface area contributed by atoms with E-state index in [0.29, 0.717) is 10.0 Å². The van der Waals surface area contributed by atoms with Crippen molar-refractivity contribution in [1.82, 2.24) is 9.97 Å². The largest absolute Gasteiger partial charge is 0.573 e. The molecule has 0 radical (unpaired) electrons. The number of aromatic nitrogens is 2. The second kappa shape index (κ2) is 8.79. The Morgan fingerprint density at radius 3 is 2.63 bits per heavy atom. The molecule has 0 atom stereocenters. The van der Waals surface area contributed by atoms with Crippen LogP contribution in [0.2, 0.25) is 0 Å². The average Bonchev–Trinajstić information content (AvgIpc) is 2.66. The van der Waals surface area contributed by atoms with Gasteiger partial charge in [0.25, 0.3) is 5.56 Å². The van der Waals surface area contributed by atoms with Gasteiger partial charge in [-0.05, 0) is 23.8 Å². The first-order chi connectivity index (χ1) is 14.2. The number of rotatable bonds is 5. The summed E-state index contributed by atoms with van der Waals surface area (Å²) in [6.07, 6.45) is -3.61. The monoisotopic (exact) mass is 477 g/mol. The molecule has 1 heterocycles. The number of nitrogens with zero attached hydrogens (tertiary/aromatic N) is 3. The topological polar surface area (TPSA) is 103 Å². The molecule has 7 nitrogen and oxygen atoms in total. The van der Waals surface area contributed by atoms with Crippen LogP contribution in [0.5, 0.6) is 5.75 Å². The van der Waals surface area contributed by atoms with Crippen LogP contribution in [0.1, 0.15) is 11.1 Å². The van der Waals surface area contributed by atoms with E-state index >= 15 is 0 Å². The van der Waals surface area contributed by atoms with Crippen LogP contribution in [-0.2, 0) is 0 Å². The summed E-state index contributed by atoms with van der Waals surface area (Å²) >= 11 is 3.10. The minimum Gasteiger partial charge on any atom is -0.406 e. The van der Waals surface area contributed by atoms with Crippen molar-refractivity contribution in [3.8, 4) is 23.1 Å². The van der Waals surface area contributed by atoms with Crippen molar-refractivity contribution < 1.29 is 17.9 Å². The van der Waals surface area contributed by atoms with Gasteiger partial charge < -0.3 is 4.74 Å². The maximum absolute atomic E-state index is 12.4. The van der Waals surface area contributed by atoms with Crippen molar-refractivity contribution in [2.45, 2.75) is 6.36 Å². The fraction of sp³-hybridized carbons (Fsp3) is 0.0526. The van der Waals surface area contributed by atoms with Gasteiger partial charge in [-0.3, -0.25) is 9.78 Å². The highest BCUT2D eigenvalue weighted by Crippen LogP contribution is 2.26. The van der Waals surface area contributed by atoms with Crippen LogP contribution in [0.15, 0.2) is 62.9 Å². The molecule has 2 N–H and O–H groups in total. The first-order valence-electron chi connectivity index (χ1n) is 8.20. The Labute approximate surface area is 176 Å². The lowest BCUT2D eigenvalue weighted by molar-refractivity contribution is -0.274. The van der Waals surface area contributed by atoms with E-state index in [1.807, 2.05) is 6.07 Å². The van der Waals surface area contributed by atoms with Gasteiger partial charge >= 0.3 is 6.36 Å². The standard InChI is InChI=1S/C19H11BrF3N5O2/c20-13-6-11(7-14(8-13)30-19(21,22)23)10-25-28-18-26-16(12-4-2-1-3-5-12)15(9-24)17(29)27-18/h1-8,10H,(H2,26,27,28,29). The molecular weight excluding hydrogens is 467 g/mol. The number of nitrogens with one attached hydrogen (secondary N) is 2. The van der Waals surface area contributed by atoms with Crippen LogP contribution in [0.25, 0.3) is 11.3 Å². The zero-order valence-electron chi connectivity index (χ0n) is 14.9. The van der Waals surface area contributed by atoms with Gasteiger partial charge in [-0.25, -0.2) is 10.4 Å². The maximum Gasteiger partial charge on any atom is 0.573 e. The minimum absolute atomic E-state index is 0.0455. The molecule has 30 heavy (non-hydrogen) atoms. The smallest absolute Gasteiger partial charge is 0.406 e. The van der Waals surface area contributed by atoms with Gasteiger partial charge in [0.05, 0.1) is 11.9 Å². The van der Waals surface area contributed by atoms with Gasteiger partial charge in [-0.1, -0.05) is 46.3 Å². The molecular formula is C19H11BrF3N5O2. The van der Waals surface area contributed by atoms with E-state index in [1.54, 1.807) is 30.3 Å². The first kappa shape index (κ1) is 21.1. The molecule has 0 unspecified atom stereocenters. The fourth-order valence-corrected chi connectivity index (χ4v) is 2.94. The van der Waals surface area contributed by atoms with Crippen molar-refractivity contribution in [3.05, 3.63) is 74.5 Å². The lowest BCUT2D eigenvalue weighted by Gasteiger charge is -2.09. The molecule has 1 aromatic heterocycles. The molecule has 0 aliphatic carbocycles. The van der Waals surface area contributed by atoms with Crippen molar-refractivity contribution in [1.29, 1.82) is 5.26 Å². The Kier molecular flexibility index (Phi) is 6.17. The Hall–Kier alpha value is -3.65. The van der Waals surface area contributed by atoms with Gasteiger partial charge in [0.2, 0.25) is 5.95 Å². The minimum atomic E-state index is -4.83. The van der Waals surface area contributed by atoms with Crippen LogP contribution in [-0.4, -0.2) is 22.5 Å². The second-order valence-electron chi connectivity index (χ2n) is 5.75. The van der Waals surface area contributed by atoms with Gasteiger partial charge in [0.1, 0.15) is 17.4 Å². The number of benzene rings is 2. The summed E-state index contributed by atoms with van der Waals surface area (Å²) in [6.45, 7) is 0. The second-order valence-corrected chi connectivity index (χ2v) is 6.67. The van der Waals surface area contributed by atoms with E-state index in [1.165, 1.54) is 12.3 Å². The Balaban J connectivity index is 1.86. The number of aromatic amines is 1. The molecule has 0 saturated heterocycles. The number of H-pyrrole nitrogens is 1. The van der Waals surface area contributed by atoms with Gasteiger partial charge in [0.15, 0.2) is 0 Å². The highest BCUT2D eigenvalue weighted by atomic mass is 79.9. The molecule has 11 heteroatoms. The SMILES string of the molecule is N#Cc1c(-c2ccccc2)nc(NN=Cc2cc(Br)cc(OC(F)(F)F)c2)[nH]c1=O. The number of hydrazone groups is 1. The van der Waals surface area contributed by atoms with Crippen molar-refractivity contribution in [2.75, 3.05) is 5.43 Å². The quantitative estimate of drug-likeness (QED) is 0.418. The molecule has 0 spiro atoms. The molecule has 0 bridgehead atoms. The van der Waals surface area contributed by atoms with Gasteiger partial charge in [-0.15, -0.1) is 13.2 Å². The predicted octanol–water partition coefficient (Wildman–Crippen LogP) is 4.42. The molecule has 0 amide bonds.